The average Bonchev–Trinajstić information content (AvgIpc) is 3.43. The van der Waals surface area contributed by atoms with Crippen LogP contribution in [-0.4, -0.2) is 30.4 Å². The third kappa shape index (κ3) is 2.52. The zero-order valence-corrected chi connectivity index (χ0v) is 14.3. The Kier molecular flexibility index (Phi) is 3.86. The molecule has 3 aliphatic rings. The zero-order valence-electron chi connectivity index (χ0n) is 14.3. The lowest BCUT2D eigenvalue weighted by molar-refractivity contribution is -0.158. The minimum absolute atomic E-state index is 0.0212. The van der Waals surface area contributed by atoms with Crippen LogP contribution in [0.4, 0.5) is 0 Å². The first-order valence-corrected chi connectivity index (χ1v) is 9.13. The maximum Gasteiger partial charge on any atom is 0.233 e. The summed E-state index contributed by atoms with van der Waals surface area (Å²) in [5.41, 5.74) is 0.764. The van der Waals surface area contributed by atoms with E-state index in [1.54, 1.807) is 12.0 Å². The van der Waals surface area contributed by atoms with Crippen molar-refractivity contribution in [2.45, 2.75) is 50.4 Å². The number of benzene rings is 1. The van der Waals surface area contributed by atoms with E-state index in [0.29, 0.717) is 18.9 Å². The first-order valence-electron chi connectivity index (χ1n) is 9.13. The number of carbonyl (C=O) groups excluding carboxylic acids is 2. The summed E-state index contributed by atoms with van der Waals surface area (Å²) in [5, 5.41) is 0. The molecule has 0 bridgehead atoms. The minimum Gasteiger partial charge on any atom is -0.497 e. The number of fused-ring (bicyclic) bond motifs is 1. The molecule has 2 amide bonds. The SMILES string of the molecule is COc1cccc(C23CCCCC2C(=O)N(CC2CC2)C(=O)C3)c1. The molecular weight excluding hydrogens is 302 g/mol. The molecule has 1 saturated heterocycles. The van der Waals surface area contributed by atoms with Gasteiger partial charge in [0.25, 0.3) is 0 Å². The summed E-state index contributed by atoms with van der Waals surface area (Å²) in [4.78, 5) is 27.5. The highest BCUT2D eigenvalue weighted by Gasteiger charge is 2.53. The third-order valence-corrected chi connectivity index (χ3v) is 6.15. The van der Waals surface area contributed by atoms with Gasteiger partial charge >= 0.3 is 0 Å². The van der Waals surface area contributed by atoms with E-state index in [2.05, 4.69) is 6.07 Å². The molecule has 0 N–H and O–H groups in total. The lowest BCUT2D eigenvalue weighted by Crippen LogP contribution is -2.57. The van der Waals surface area contributed by atoms with E-state index in [0.717, 1.165) is 49.8 Å². The van der Waals surface area contributed by atoms with E-state index in [-0.39, 0.29) is 23.1 Å². The number of hydrogen-bond donors (Lipinski definition) is 0. The summed E-state index contributed by atoms with van der Waals surface area (Å²) < 4.78 is 5.38. The summed E-state index contributed by atoms with van der Waals surface area (Å²) in [7, 11) is 1.66. The lowest BCUT2D eigenvalue weighted by Gasteiger charge is -2.49. The zero-order chi connectivity index (χ0) is 16.7. The Bertz CT molecular complexity index is 667. The Morgan fingerprint density at radius 3 is 2.79 bits per heavy atom. The van der Waals surface area contributed by atoms with Gasteiger partial charge in [-0.15, -0.1) is 0 Å². The molecule has 0 aromatic heterocycles. The molecule has 4 heteroatoms. The van der Waals surface area contributed by atoms with Crippen LogP contribution in [-0.2, 0) is 15.0 Å². The standard InChI is InChI=1S/C20H25NO3/c1-24-16-6-4-5-15(11-16)20-10-3-2-7-17(20)19(23)21(18(22)12-20)13-14-8-9-14/h4-6,11,14,17H,2-3,7-10,12-13H2,1H3. The highest BCUT2D eigenvalue weighted by molar-refractivity contribution is 6.01. The van der Waals surface area contributed by atoms with Crippen LogP contribution in [0, 0.1) is 11.8 Å². The normalized spacial score (nSPS) is 30.2. The average molecular weight is 327 g/mol. The van der Waals surface area contributed by atoms with Gasteiger partial charge < -0.3 is 4.74 Å². The summed E-state index contributed by atoms with van der Waals surface area (Å²) in [6.07, 6.45) is 6.74. The van der Waals surface area contributed by atoms with Gasteiger partial charge in [-0.1, -0.05) is 25.0 Å². The van der Waals surface area contributed by atoms with Crippen LogP contribution in [0.2, 0.25) is 0 Å². The van der Waals surface area contributed by atoms with E-state index in [1.807, 2.05) is 18.2 Å². The van der Waals surface area contributed by atoms with Gasteiger partial charge in [0, 0.05) is 24.3 Å². The van der Waals surface area contributed by atoms with Gasteiger partial charge in [0.05, 0.1) is 7.11 Å². The summed E-state index contributed by atoms with van der Waals surface area (Å²) in [6, 6.07) is 7.98. The molecule has 2 aliphatic carbocycles. The van der Waals surface area contributed by atoms with E-state index >= 15 is 0 Å². The van der Waals surface area contributed by atoms with Crippen LogP contribution in [0.25, 0.3) is 0 Å². The second-order valence-corrected chi connectivity index (χ2v) is 7.65. The van der Waals surface area contributed by atoms with Crippen molar-refractivity contribution < 1.29 is 14.3 Å². The van der Waals surface area contributed by atoms with Gasteiger partial charge in [-0.25, -0.2) is 0 Å². The van der Waals surface area contributed by atoms with Gasteiger partial charge in [-0.2, -0.15) is 0 Å². The largest absolute Gasteiger partial charge is 0.497 e. The minimum atomic E-state index is -0.332. The van der Waals surface area contributed by atoms with Gasteiger partial charge in [0.15, 0.2) is 0 Å². The van der Waals surface area contributed by atoms with Crippen molar-refractivity contribution >= 4 is 11.8 Å². The van der Waals surface area contributed by atoms with E-state index in [4.69, 9.17) is 4.74 Å². The number of hydrogen-bond acceptors (Lipinski definition) is 3. The molecule has 4 nitrogen and oxygen atoms in total. The number of carbonyl (C=O) groups is 2. The van der Waals surface area contributed by atoms with Gasteiger partial charge in [-0.3, -0.25) is 14.5 Å². The molecule has 2 saturated carbocycles. The summed E-state index contributed by atoms with van der Waals surface area (Å²) in [6.45, 7) is 0.641. The first kappa shape index (κ1) is 15.7. The van der Waals surface area contributed by atoms with Crippen molar-refractivity contribution in [3.63, 3.8) is 0 Å². The van der Waals surface area contributed by atoms with Crippen LogP contribution in [0.15, 0.2) is 24.3 Å². The molecule has 1 aromatic carbocycles. The molecule has 0 spiro atoms. The van der Waals surface area contributed by atoms with Crippen molar-refractivity contribution in [1.82, 2.24) is 4.90 Å². The molecule has 3 fully saturated rings. The third-order valence-electron chi connectivity index (χ3n) is 6.15. The van der Waals surface area contributed by atoms with Crippen molar-refractivity contribution in [2.75, 3.05) is 13.7 Å². The summed E-state index contributed by atoms with van der Waals surface area (Å²) >= 11 is 0. The summed E-state index contributed by atoms with van der Waals surface area (Å²) in [5.74, 6) is 1.38. The predicted octanol–water partition coefficient (Wildman–Crippen LogP) is 3.29. The molecule has 1 aliphatic heterocycles. The first-order chi connectivity index (χ1) is 11.6. The number of imide groups is 1. The molecule has 4 rings (SSSR count). The maximum absolute atomic E-state index is 13.1. The Morgan fingerprint density at radius 1 is 1.21 bits per heavy atom. The Hall–Kier alpha value is -1.84. The second-order valence-electron chi connectivity index (χ2n) is 7.65. The Balaban J connectivity index is 1.71. The molecule has 24 heavy (non-hydrogen) atoms. The number of amides is 2. The topological polar surface area (TPSA) is 46.6 Å². The molecule has 2 atom stereocenters. The molecular formula is C20H25NO3. The fourth-order valence-corrected chi connectivity index (χ4v) is 4.62. The van der Waals surface area contributed by atoms with Crippen LogP contribution in [0.3, 0.4) is 0 Å². The van der Waals surface area contributed by atoms with E-state index < -0.39 is 0 Å². The number of likely N-dealkylation sites (tertiary alicyclic amines) is 1. The Morgan fingerprint density at radius 2 is 2.04 bits per heavy atom. The van der Waals surface area contributed by atoms with Crippen molar-refractivity contribution in [3.05, 3.63) is 29.8 Å². The highest BCUT2D eigenvalue weighted by Crippen LogP contribution is 2.50. The fraction of sp³-hybridized carbons (Fsp3) is 0.600. The smallest absolute Gasteiger partial charge is 0.233 e. The fourth-order valence-electron chi connectivity index (χ4n) is 4.62. The molecule has 0 radical (unpaired) electrons. The number of ether oxygens (including phenoxy) is 1. The second kappa shape index (κ2) is 5.91. The molecule has 2 unspecified atom stereocenters. The van der Waals surface area contributed by atoms with Crippen LogP contribution >= 0.6 is 0 Å². The van der Waals surface area contributed by atoms with Crippen LogP contribution < -0.4 is 4.74 Å². The van der Waals surface area contributed by atoms with Crippen LogP contribution in [0.5, 0.6) is 5.75 Å². The number of piperidine rings is 1. The van der Waals surface area contributed by atoms with Gasteiger partial charge in [0.1, 0.15) is 5.75 Å². The maximum atomic E-state index is 13.1. The van der Waals surface area contributed by atoms with E-state index in [1.165, 1.54) is 0 Å². The van der Waals surface area contributed by atoms with E-state index in [9.17, 15) is 9.59 Å². The van der Waals surface area contributed by atoms with Gasteiger partial charge in [-0.05, 0) is 49.3 Å². The Labute approximate surface area is 143 Å². The molecule has 1 heterocycles. The monoisotopic (exact) mass is 327 g/mol. The van der Waals surface area contributed by atoms with Crippen molar-refractivity contribution in [1.29, 1.82) is 0 Å². The molecule has 1 aromatic rings. The number of rotatable bonds is 4. The number of methoxy groups -OCH3 is 1. The highest BCUT2D eigenvalue weighted by atomic mass is 16.5. The van der Waals surface area contributed by atoms with Crippen molar-refractivity contribution in [2.24, 2.45) is 11.8 Å². The van der Waals surface area contributed by atoms with Crippen LogP contribution in [0.1, 0.15) is 50.5 Å². The van der Waals surface area contributed by atoms with Crippen molar-refractivity contribution in [3.8, 4) is 5.75 Å². The predicted molar refractivity (Wildman–Crippen MR) is 90.7 cm³/mol. The quantitative estimate of drug-likeness (QED) is 0.797. The van der Waals surface area contributed by atoms with Gasteiger partial charge in [0.2, 0.25) is 11.8 Å². The number of nitrogens with zero attached hydrogens (tertiary/aromatic N) is 1. The lowest BCUT2D eigenvalue weighted by atomic mass is 9.58. The molecule has 128 valence electrons.